The molecule has 0 aromatic heterocycles. The molecule has 8 heteroatoms. The molecule has 1 heterocycles. The molecule has 3 amide bonds. The number of hydrogen-bond acceptors (Lipinski definition) is 5. The average molecular weight is 488 g/mol. The number of anilines is 1. The normalized spacial score (nSPS) is 15.6. The summed E-state index contributed by atoms with van der Waals surface area (Å²) in [6.07, 6.45) is 0.621. The molecule has 0 aliphatic carbocycles. The molecule has 0 spiro atoms. The van der Waals surface area contributed by atoms with Gasteiger partial charge < -0.3 is 20.1 Å². The molecule has 0 saturated carbocycles. The summed E-state index contributed by atoms with van der Waals surface area (Å²) in [7, 11) is 1.57. The molecular formula is C28H29N3O5. The summed E-state index contributed by atoms with van der Waals surface area (Å²) in [6.45, 7) is 0.543. The third-order valence-electron chi connectivity index (χ3n) is 6.03. The van der Waals surface area contributed by atoms with Crippen molar-refractivity contribution in [1.29, 1.82) is 0 Å². The molecule has 36 heavy (non-hydrogen) atoms. The largest absolute Gasteiger partial charge is 0.497 e. The second-order valence-electron chi connectivity index (χ2n) is 8.46. The van der Waals surface area contributed by atoms with Gasteiger partial charge in [-0.25, -0.2) is 4.79 Å². The zero-order valence-corrected chi connectivity index (χ0v) is 20.1. The van der Waals surface area contributed by atoms with E-state index >= 15 is 0 Å². The Morgan fingerprint density at radius 2 is 1.61 bits per heavy atom. The number of ether oxygens (including phenoxy) is 2. The highest BCUT2D eigenvalue weighted by molar-refractivity contribution is 5.99. The fourth-order valence-corrected chi connectivity index (χ4v) is 4.13. The van der Waals surface area contributed by atoms with Crippen molar-refractivity contribution in [2.24, 2.45) is 0 Å². The summed E-state index contributed by atoms with van der Waals surface area (Å²) in [5.74, 6) is -0.125. The van der Waals surface area contributed by atoms with Gasteiger partial charge in [0.25, 0.3) is 5.91 Å². The maximum atomic E-state index is 13.3. The van der Waals surface area contributed by atoms with Crippen LogP contribution in [0.2, 0.25) is 0 Å². The van der Waals surface area contributed by atoms with Crippen molar-refractivity contribution in [1.82, 2.24) is 10.2 Å². The first-order valence-electron chi connectivity index (χ1n) is 11.8. The van der Waals surface area contributed by atoms with Gasteiger partial charge in [0.05, 0.1) is 7.11 Å². The first-order valence-corrected chi connectivity index (χ1v) is 11.8. The molecule has 1 aliphatic heterocycles. The van der Waals surface area contributed by atoms with Crippen molar-refractivity contribution >= 4 is 23.6 Å². The third kappa shape index (κ3) is 6.21. The standard InChI is InChI=1S/C28H29N3O5/c1-35-23-16-14-22(15-17-23)29-27(33)25(21-11-6-3-7-12-21)30-26(32)24-13-8-18-31(24)28(34)36-19-20-9-4-2-5-10-20/h2-7,9-12,14-17,24-25H,8,13,18-19H2,1H3,(H,29,33)(H,30,32). The van der Waals surface area contributed by atoms with Gasteiger partial charge in [0, 0.05) is 12.2 Å². The zero-order valence-electron chi connectivity index (χ0n) is 20.1. The second kappa shape index (κ2) is 11.9. The molecule has 1 saturated heterocycles. The van der Waals surface area contributed by atoms with Crippen molar-refractivity contribution in [3.05, 3.63) is 96.1 Å². The number of nitrogens with zero attached hydrogens (tertiary/aromatic N) is 1. The van der Waals surface area contributed by atoms with E-state index < -0.39 is 30.0 Å². The monoisotopic (exact) mass is 487 g/mol. The second-order valence-corrected chi connectivity index (χ2v) is 8.46. The zero-order chi connectivity index (χ0) is 25.3. The molecule has 2 atom stereocenters. The summed E-state index contributed by atoms with van der Waals surface area (Å²) >= 11 is 0. The summed E-state index contributed by atoms with van der Waals surface area (Å²) in [4.78, 5) is 40.7. The Morgan fingerprint density at radius 3 is 2.28 bits per heavy atom. The maximum Gasteiger partial charge on any atom is 0.410 e. The Bertz CT molecular complexity index is 1170. The number of nitrogens with one attached hydrogen (secondary N) is 2. The number of rotatable bonds is 8. The number of methoxy groups -OCH3 is 1. The number of hydrogen-bond donors (Lipinski definition) is 2. The van der Waals surface area contributed by atoms with Crippen molar-refractivity contribution in [3.8, 4) is 5.75 Å². The Labute approximate surface area is 210 Å². The smallest absolute Gasteiger partial charge is 0.410 e. The Balaban J connectivity index is 1.44. The lowest BCUT2D eigenvalue weighted by Gasteiger charge is -2.26. The van der Waals surface area contributed by atoms with Crippen LogP contribution in [0.15, 0.2) is 84.9 Å². The molecule has 1 aliphatic rings. The molecule has 8 nitrogen and oxygen atoms in total. The predicted molar refractivity (Wildman–Crippen MR) is 135 cm³/mol. The first-order chi connectivity index (χ1) is 17.5. The van der Waals surface area contributed by atoms with E-state index in [0.717, 1.165) is 5.56 Å². The molecule has 0 bridgehead atoms. The number of amides is 3. The maximum absolute atomic E-state index is 13.3. The molecule has 2 unspecified atom stereocenters. The van der Waals surface area contributed by atoms with Crippen LogP contribution in [0.25, 0.3) is 0 Å². The van der Waals surface area contributed by atoms with Crippen molar-refractivity contribution in [3.63, 3.8) is 0 Å². The van der Waals surface area contributed by atoms with Crippen LogP contribution < -0.4 is 15.4 Å². The SMILES string of the molecule is COc1ccc(NC(=O)C(NC(=O)C2CCCN2C(=O)OCc2ccccc2)c2ccccc2)cc1. The van der Waals surface area contributed by atoms with Crippen LogP contribution in [-0.4, -0.2) is 42.5 Å². The number of carbonyl (C=O) groups is 3. The summed E-state index contributed by atoms with van der Waals surface area (Å²) in [6, 6.07) is 23.6. The number of carbonyl (C=O) groups excluding carboxylic acids is 3. The van der Waals surface area contributed by atoms with Gasteiger partial charge in [-0.15, -0.1) is 0 Å². The first kappa shape index (κ1) is 24.8. The Morgan fingerprint density at radius 1 is 0.944 bits per heavy atom. The average Bonchev–Trinajstić information content (AvgIpc) is 3.42. The van der Waals surface area contributed by atoms with Gasteiger partial charge in [-0.3, -0.25) is 14.5 Å². The van der Waals surface area contributed by atoms with Crippen LogP contribution in [0.1, 0.15) is 30.0 Å². The van der Waals surface area contributed by atoms with E-state index in [1.165, 1.54) is 4.90 Å². The van der Waals surface area contributed by atoms with Crippen LogP contribution in [0.5, 0.6) is 5.75 Å². The minimum Gasteiger partial charge on any atom is -0.497 e. The van der Waals surface area contributed by atoms with Gasteiger partial charge >= 0.3 is 6.09 Å². The summed E-state index contributed by atoms with van der Waals surface area (Å²) in [5.41, 5.74) is 2.07. The van der Waals surface area contributed by atoms with E-state index in [1.54, 1.807) is 55.6 Å². The van der Waals surface area contributed by atoms with Crippen molar-refractivity contribution in [2.45, 2.75) is 31.5 Å². The third-order valence-corrected chi connectivity index (χ3v) is 6.03. The van der Waals surface area contributed by atoms with Gasteiger partial charge in [0.2, 0.25) is 5.91 Å². The Hall–Kier alpha value is -4.33. The topological polar surface area (TPSA) is 97.0 Å². The van der Waals surface area contributed by atoms with E-state index in [4.69, 9.17) is 9.47 Å². The molecule has 3 aromatic rings. The van der Waals surface area contributed by atoms with Gasteiger partial charge in [-0.1, -0.05) is 60.7 Å². The highest BCUT2D eigenvalue weighted by Gasteiger charge is 2.37. The molecule has 3 aromatic carbocycles. The lowest BCUT2D eigenvalue weighted by molar-refractivity contribution is -0.129. The van der Waals surface area contributed by atoms with Crippen LogP contribution >= 0.6 is 0 Å². The van der Waals surface area contributed by atoms with E-state index in [2.05, 4.69) is 10.6 Å². The lowest BCUT2D eigenvalue weighted by atomic mass is 10.0. The minimum atomic E-state index is -0.941. The molecule has 4 rings (SSSR count). The molecule has 186 valence electrons. The molecule has 2 N–H and O–H groups in total. The Kier molecular flexibility index (Phi) is 8.18. The van der Waals surface area contributed by atoms with Crippen LogP contribution in [-0.2, 0) is 20.9 Å². The molecule has 0 radical (unpaired) electrons. The number of likely N-dealkylation sites (tertiary alicyclic amines) is 1. The van der Waals surface area contributed by atoms with Crippen LogP contribution in [0, 0.1) is 0 Å². The van der Waals surface area contributed by atoms with E-state index in [0.29, 0.717) is 36.4 Å². The summed E-state index contributed by atoms with van der Waals surface area (Å²) < 4.78 is 10.6. The lowest BCUT2D eigenvalue weighted by Crippen LogP contribution is -2.48. The van der Waals surface area contributed by atoms with Gasteiger partial charge in [-0.05, 0) is 48.2 Å². The minimum absolute atomic E-state index is 0.126. The summed E-state index contributed by atoms with van der Waals surface area (Å²) in [5, 5.41) is 5.70. The van der Waals surface area contributed by atoms with Gasteiger partial charge in [0.15, 0.2) is 0 Å². The van der Waals surface area contributed by atoms with E-state index in [9.17, 15) is 14.4 Å². The number of benzene rings is 3. The van der Waals surface area contributed by atoms with Crippen LogP contribution in [0.3, 0.4) is 0 Å². The molecular weight excluding hydrogens is 458 g/mol. The molecule has 1 fully saturated rings. The van der Waals surface area contributed by atoms with Crippen molar-refractivity contribution < 1.29 is 23.9 Å². The van der Waals surface area contributed by atoms with Gasteiger partial charge in [-0.2, -0.15) is 0 Å². The highest BCUT2D eigenvalue weighted by atomic mass is 16.6. The van der Waals surface area contributed by atoms with Crippen LogP contribution in [0.4, 0.5) is 10.5 Å². The van der Waals surface area contributed by atoms with Crippen molar-refractivity contribution in [2.75, 3.05) is 19.0 Å². The van der Waals surface area contributed by atoms with E-state index in [1.807, 2.05) is 36.4 Å². The highest BCUT2D eigenvalue weighted by Crippen LogP contribution is 2.23. The fraction of sp³-hybridized carbons (Fsp3) is 0.250. The van der Waals surface area contributed by atoms with Gasteiger partial charge in [0.1, 0.15) is 24.4 Å². The predicted octanol–water partition coefficient (Wildman–Crippen LogP) is 4.29. The fourth-order valence-electron chi connectivity index (χ4n) is 4.13. The quantitative estimate of drug-likeness (QED) is 0.494. The van der Waals surface area contributed by atoms with E-state index in [-0.39, 0.29) is 6.61 Å².